The fraction of sp³-hybridized carbons (Fsp3) is 0.241. The normalized spacial score (nSPS) is 14.7. The SMILES string of the molecule is CN1CCN(Cc2c(-c3cnco3)c(-c3ccc(NC(=O)Nc4cc(C(F)(F)F)ccc4F)cc3)c3c(N)ncnn23)CC1. The zero-order valence-corrected chi connectivity index (χ0v) is 23.4. The molecule has 11 nitrogen and oxygen atoms in total. The second kappa shape index (κ2) is 11.6. The van der Waals surface area contributed by atoms with Crippen molar-refractivity contribution in [1.29, 1.82) is 0 Å². The van der Waals surface area contributed by atoms with Gasteiger partial charge >= 0.3 is 12.2 Å². The van der Waals surface area contributed by atoms with Crippen molar-refractivity contribution in [3.05, 3.63) is 78.5 Å². The molecule has 1 saturated heterocycles. The van der Waals surface area contributed by atoms with Crippen LogP contribution in [0.2, 0.25) is 0 Å². The van der Waals surface area contributed by atoms with Crippen LogP contribution < -0.4 is 16.4 Å². The van der Waals surface area contributed by atoms with E-state index in [9.17, 15) is 22.4 Å². The zero-order chi connectivity index (χ0) is 31.0. The van der Waals surface area contributed by atoms with E-state index in [2.05, 4.69) is 42.5 Å². The second-order valence-electron chi connectivity index (χ2n) is 10.4. The minimum absolute atomic E-state index is 0.255. The number of aromatic nitrogens is 4. The molecule has 0 unspecified atom stereocenters. The third kappa shape index (κ3) is 5.78. The maximum atomic E-state index is 14.1. The van der Waals surface area contributed by atoms with Gasteiger partial charge in [0.05, 0.1) is 28.7 Å². The first-order chi connectivity index (χ1) is 21.1. The molecule has 44 heavy (non-hydrogen) atoms. The largest absolute Gasteiger partial charge is 0.443 e. The van der Waals surface area contributed by atoms with E-state index in [1.807, 2.05) is 0 Å². The molecule has 2 aromatic carbocycles. The molecule has 1 fully saturated rings. The Morgan fingerprint density at radius 3 is 2.48 bits per heavy atom. The molecule has 4 heterocycles. The zero-order valence-electron chi connectivity index (χ0n) is 23.4. The second-order valence-corrected chi connectivity index (χ2v) is 10.4. The third-order valence-electron chi connectivity index (χ3n) is 7.47. The number of nitrogens with one attached hydrogen (secondary N) is 2. The Bertz CT molecular complexity index is 1800. The van der Waals surface area contributed by atoms with Crippen LogP contribution >= 0.6 is 0 Å². The molecule has 4 N–H and O–H groups in total. The molecule has 15 heteroatoms. The molecule has 0 atom stereocenters. The monoisotopic (exact) mass is 609 g/mol. The van der Waals surface area contributed by atoms with Crippen LogP contribution in [0.25, 0.3) is 28.0 Å². The fourth-order valence-corrected chi connectivity index (χ4v) is 5.23. The molecule has 0 spiro atoms. The van der Waals surface area contributed by atoms with Crippen LogP contribution in [0.4, 0.5) is 39.5 Å². The van der Waals surface area contributed by atoms with Crippen molar-refractivity contribution in [1.82, 2.24) is 29.4 Å². The van der Waals surface area contributed by atoms with Crippen molar-refractivity contribution in [2.45, 2.75) is 12.7 Å². The highest BCUT2D eigenvalue weighted by molar-refractivity contribution is 6.01. The highest BCUT2D eigenvalue weighted by Gasteiger charge is 2.31. The number of alkyl halides is 3. The van der Waals surface area contributed by atoms with Gasteiger partial charge in [-0.3, -0.25) is 4.90 Å². The number of anilines is 3. The quantitative estimate of drug-likeness (QED) is 0.225. The first-order valence-electron chi connectivity index (χ1n) is 13.6. The number of nitrogen functional groups attached to an aromatic ring is 1. The predicted molar refractivity (Wildman–Crippen MR) is 155 cm³/mol. The van der Waals surface area contributed by atoms with Gasteiger partial charge in [-0.25, -0.2) is 23.7 Å². The number of amides is 2. The molecule has 0 saturated carbocycles. The number of likely N-dealkylation sites (N-methyl/N-ethyl adjacent to an activating group) is 1. The summed E-state index contributed by atoms with van der Waals surface area (Å²) >= 11 is 0. The molecule has 0 radical (unpaired) electrons. The number of hydrogen-bond acceptors (Lipinski definition) is 8. The van der Waals surface area contributed by atoms with E-state index in [1.165, 1.54) is 12.7 Å². The molecule has 0 aliphatic carbocycles. The Hall–Kier alpha value is -5.02. The van der Waals surface area contributed by atoms with Gasteiger partial charge in [0.25, 0.3) is 0 Å². The number of carbonyl (C=O) groups is 1. The van der Waals surface area contributed by atoms with E-state index >= 15 is 0 Å². The van der Waals surface area contributed by atoms with Gasteiger partial charge < -0.3 is 25.7 Å². The maximum absolute atomic E-state index is 14.1. The smallest absolute Gasteiger partial charge is 0.416 e. The minimum atomic E-state index is -4.69. The third-order valence-corrected chi connectivity index (χ3v) is 7.47. The van der Waals surface area contributed by atoms with E-state index < -0.39 is 29.3 Å². The highest BCUT2D eigenvalue weighted by atomic mass is 19.4. The molecule has 6 rings (SSSR count). The van der Waals surface area contributed by atoms with Crippen LogP contribution in [0.3, 0.4) is 0 Å². The van der Waals surface area contributed by atoms with E-state index in [-0.39, 0.29) is 5.82 Å². The Labute approximate surface area is 248 Å². The maximum Gasteiger partial charge on any atom is 0.416 e. The number of nitrogens with zero attached hydrogens (tertiary/aromatic N) is 6. The summed E-state index contributed by atoms with van der Waals surface area (Å²) in [5.41, 5.74) is 8.58. The number of carbonyl (C=O) groups excluding carboxylic acids is 1. The molecule has 1 aliphatic rings. The average Bonchev–Trinajstić information content (AvgIpc) is 3.62. The van der Waals surface area contributed by atoms with Gasteiger partial charge in [0.15, 0.2) is 18.0 Å². The van der Waals surface area contributed by atoms with Crippen LogP contribution in [-0.4, -0.2) is 68.6 Å². The summed E-state index contributed by atoms with van der Waals surface area (Å²) in [5, 5.41) is 9.17. The van der Waals surface area contributed by atoms with Gasteiger partial charge in [-0.05, 0) is 42.9 Å². The van der Waals surface area contributed by atoms with E-state index in [4.69, 9.17) is 10.2 Å². The Balaban J connectivity index is 1.32. The minimum Gasteiger partial charge on any atom is -0.443 e. The molecular weight excluding hydrogens is 582 g/mol. The number of nitrogens with two attached hydrogens (primary N) is 1. The van der Waals surface area contributed by atoms with Gasteiger partial charge in [0, 0.05) is 44.0 Å². The summed E-state index contributed by atoms with van der Waals surface area (Å²) in [5.74, 6) is -0.236. The van der Waals surface area contributed by atoms with E-state index in [0.717, 1.165) is 37.4 Å². The van der Waals surface area contributed by atoms with Crippen molar-refractivity contribution in [2.75, 3.05) is 49.6 Å². The van der Waals surface area contributed by atoms with Crippen LogP contribution in [-0.2, 0) is 12.7 Å². The van der Waals surface area contributed by atoms with Crippen molar-refractivity contribution in [2.24, 2.45) is 0 Å². The Morgan fingerprint density at radius 1 is 1.05 bits per heavy atom. The first kappa shape index (κ1) is 29.1. The molecule has 1 aliphatic heterocycles. The lowest BCUT2D eigenvalue weighted by Crippen LogP contribution is -2.44. The summed E-state index contributed by atoms with van der Waals surface area (Å²) in [6, 6.07) is 7.55. The van der Waals surface area contributed by atoms with Crippen molar-refractivity contribution in [3.63, 3.8) is 0 Å². The molecule has 0 bridgehead atoms. The number of rotatable bonds is 6. The lowest BCUT2D eigenvalue weighted by atomic mass is 9.99. The molecular formula is C29H27F4N9O2. The number of piperazine rings is 1. The number of urea groups is 1. The number of fused-ring (bicyclic) bond motifs is 1. The van der Waals surface area contributed by atoms with Crippen molar-refractivity contribution >= 4 is 28.7 Å². The molecule has 5 aromatic rings. The number of hydrogen-bond donors (Lipinski definition) is 3. The van der Waals surface area contributed by atoms with Crippen LogP contribution in [0.5, 0.6) is 0 Å². The first-order valence-corrected chi connectivity index (χ1v) is 13.6. The Morgan fingerprint density at radius 2 is 1.80 bits per heavy atom. The van der Waals surface area contributed by atoms with E-state index in [1.54, 1.807) is 35.0 Å². The lowest BCUT2D eigenvalue weighted by Gasteiger charge is -2.32. The Kier molecular flexibility index (Phi) is 7.65. The number of halogens is 4. The van der Waals surface area contributed by atoms with Gasteiger partial charge in [-0.1, -0.05) is 12.1 Å². The van der Waals surface area contributed by atoms with E-state index in [0.29, 0.717) is 52.8 Å². The topological polar surface area (TPSA) is 130 Å². The van der Waals surface area contributed by atoms with Gasteiger partial charge in [0.2, 0.25) is 0 Å². The molecule has 3 aromatic heterocycles. The molecule has 2 amide bonds. The lowest BCUT2D eigenvalue weighted by molar-refractivity contribution is -0.137. The fourth-order valence-electron chi connectivity index (χ4n) is 5.23. The van der Waals surface area contributed by atoms with Crippen LogP contribution in [0, 0.1) is 5.82 Å². The average molecular weight is 610 g/mol. The summed E-state index contributed by atoms with van der Waals surface area (Å²) < 4.78 is 60.8. The summed E-state index contributed by atoms with van der Waals surface area (Å²) in [7, 11) is 2.09. The standard InChI is InChI=1S/C29H27F4N9O2/c1-40-8-10-41(11-9-40)14-22-25(23-13-35-16-44-23)24(26-27(34)36-15-37-42(22)26)17-2-5-19(6-3-17)38-28(43)39-21-12-18(29(31,32)33)4-7-20(21)30/h2-7,12-13,15-16H,8-11,14H2,1H3,(H2,34,36,37)(H2,38,39,43). The number of benzene rings is 2. The van der Waals surface area contributed by atoms with Crippen LogP contribution in [0.15, 0.2) is 65.8 Å². The van der Waals surface area contributed by atoms with Gasteiger partial charge in [-0.2, -0.15) is 18.3 Å². The summed E-state index contributed by atoms with van der Waals surface area (Å²) in [6.45, 7) is 4.14. The number of oxazole rings is 1. The summed E-state index contributed by atoms with van der Waals surface area (Å²) in [6.07, 6.45) is -0.344. The van der Waals surface area contributed by atoms with Gasteiger partial charge in [0.1, 0.15) is 17.7 Å². The predicted octanol–water partition coefficient (Wildman–Crippen LogP) is 5.18. The van der Waals surface area contributed by atoms with Gasteiger partial charge in [-0.15, -0.1) is 0 Å². The molecule has 228 valence electrons. The van der Waals surface area contributed by atoms with Crippen LogP contribution in [0.1, 0.15) is 11.3 Å². The van der Waals surface area contributed by atoms with Crippen molar-refractivity contribution in [3.8, 4) is 22.5 Å². The van der Waals surface area contributed by atoms with Crippen molar-refractivity contribution < 1.29 is 26.8 Å². The highest BCUT2D eigenvalue weighted by Crippen LogP contribution is 2.42. The summed E-state index contributed by atoms with van der Waals surface area (Å²) in [4.78, 5) is 25.5.